The molecule has 5 nitrogen and oxygen atoms in total. The molecule has 2 aromatic carbocycles. The average Bonchev–Trinajstić information content (AvgIpc) is 2.64. The van der Waals surface area contributed by atoms with E-state index in [4.69, 9.17) is 27.5 Å². The maximum absolute atomic E-state index is 11.0. The van der Waals surface area contributed by atoms with Crippen molar-refractivity contribution in [3.05, 3.63) is 53.1 Å². The van der Waals surface area contributed by atoms with E-state index in [1.165, 1.54) is 7.11 Å². The Kier molecular flexibility index (Phi) is 9.68. The molecule has 2 rings (SSSR count). The number of nitrogens with two attached hydrogens (primary N) is 1. The Morgan fingerprint density at radius 1 is 1.07 bits per heavy atom. The number of benzene rings is 2. The molecule has 146 valence electrons. The minimum atomic E-state index is -0.169. The van der Waals surface area contributed by atoms with Crippen LogP contribution >= 0.6 is 24.0 Å². The third kappa shape index (κ3) is 7.12. The van der Waals surface area contributed by atoms with E-state index >= 15 is 0 Å². The lowest BCUT2D eigenvalue weighted by molar-refractivity contribution is -0.140. The van der Waals surface area contributed by atoms with Crippen LogP contribution in [0.5, 0.6) is 5.75 Å². The van der Waals surface area contributed by atoms with Crippen molar-refractivity contribution < 1.29 is 14.3 Å². The highest BCUT2D eigenvalue weighted by Crippen LogP contribution is 2.27. The van der Waals surface area contributed by atoms with Crippen LogP contribution in [-0.4, -0.2) is 25.5 Å². The number of carbonyl (C=O) groups is 1. The lowest BCUT2D eigenvalue weighted by Crippen LogP contribution is -2.11. The number of nitrogen functional groups attached to an aromatic ring is 1. The van der Waals surface area contributed by atoms with Gasteiger partial charge in [0, 0.05) is 12.0 Å². The molecule has 0 unspecified atom stereocenters. The van der Waals surface area contributed by atoms with Gasteiger partial charge < -0.3 is 15.2 Å². The van der Waals surface area contributed by atoms with Crippen molar-refractivity contribution in [1.82, 2.24) is 0 Å². The number of esters is 1. The van der Waals surface area contributed by atoms with Gasteiger partial charge >= 0.3 is 5.97 Å². The molecule has 0 aliphatic rings. The van der Waals surface area contributed by atoms with Gasteiger partial charge in [0.05, 0.1) is 18.7 Å². The highest BCUT2D eigenvalue weighted by Gasteiger charge is 2.06. The fourth-order valence-electron chi connectivity index (χ4n) is 2.50. The maximum Gasteiger partial charge on any atom is 0.305 e. The Morgan fingerprint density at radius 3 is 2.33 bits per heavy atom. The normalized spacial score (nSPS) is 10.0. The number of unbranched alkanes of at least 4 members (excludes halogenated alkanes) is 2. The number of rotatable bonds is 9. The molecule has 0 aliphatic carbocycles. The molecule has 0 amide bonds. The molecule has 0 aromatic heterocycles. The molecule has 0 heterocycles. The van der Waals surface area contributed by atoms with Gasteiger partial charge in [-0.3, -0.25) is 10.2 Å². The van der Waals surface area contributed by atoms with Crippen molar-refractivity contribution in [2.24, 2.45) is 5.73 Å². The highest BCUT2D eigenvalue weighted by atomic mass is 35.5. The smallest absolute Gasteiger partial charge is 0.305 e. The molecular formula is C20H24Cl2N2O3. The molecule has 0 spiro atoms. The van der Waals surface area contributed by atoms with Crippen LogP contribution in [0.3, 0.4) is 0 Å². The predicted molar refractivity (Wildman–Crippen MR) is 111 cm³/mol. The fraction of sp³-hybridized carbons (Fsp3) is 0.300. The van der Waals surface area contributed by atoms with Gasteiger partial charge in [0.25, 0.3) is 0 Å². The first-order chi connectivity index (χ1) is 12.5. The molecule has 0 atom stereocenters. The molecule has 0 bridgehead atoms. The SMILES string of the molecule is COC(=O)CCCCCOc1ccc(-c2ccc(C(=N)N)c(Cl)c2)cc1.Cl. The summed E-state index contributed by atoms with van der Waals surface area (Å²) in [5.74, 6) is 0.586. The van der Waals surface area contributed by atoms with E-state index in [9.17, 15) is 4.79 Å². The molecule has 0 aliphatic heterocycles. The summed E-state index contributed by atoms with van der Waals surface area (Å²) in [5, 5.41) is 7.93. The summed E-state index contributed by atoms with van der Waals surface area (Å²) in [5.41, 5.74) is 7.97. The standard InChI is InChI=1S/C20H23ClN2O3.ClH/c1-25-19(24)5-3-2-4-12-26-16-9-6-14(7-10-16)15-8-11-17(20(22)23)18(21)13-15;/h6-11,13H,2-5,12H2,1H3,(H3,22,23);1H. The highest BCUT2D eigenvalue weighted by molar-refractivity contribution is 6.34. The number of nitrogens with one attached hydrogen (secondary N) is 1. The number of methoxy groups -OCH3 is 1. The first-order valence-corrected chi connectivity index (χ1v) is 8.83. The zero-order valence-electron chi connectivity index (χ0n) is 15.2. The lowest BCUT2D eigenvalue weighted by Gasteiger charge is -2.09. The predicted octanol–water partition coefficient (Wildman–Crippen LogP) is 4.83. The van der Waals surface area contributed by atoms with E-state index in [0.717, 1.165) is 36.1 Å². The second-order valence-corrected chi connectivity index (χ2v) is 6.28. The topological polar surface area (TPSA) is 85.4 Å². The van der Waals surface area contributed by atoms with Crippen LogP contribution in [0.4, 0.5) is 0 Å². The van der Waals surface area contributed by atoms with Crippen molar-refractivity contribution in [1.29, 1.82) is 5.41 Å². The zero-order chi connectivity index (χ0) is 18.9. The van der Waals surface area contributed by atoms with E-state index in [-0.39, 0.29) is 24.2 Å². The second-order valence-electron chi connectivity index (χ2n) is 5.87. The molecule has 0 saturated heterocycles. The lowest BCUT2D eigenvalue weighted by atomic mass is 10.0. The first-order valence-electron chi connectivity index (χ1n) is 8.45. The Morgan fingerprint density at radius 2 is 1.74 bits per heavy atom. The van der Waals surface area contributed by atoms with Gasteiger partial charge in [-0.1, -0.05) is 29.8 Å². The molecule has 0 fully saturated rings. The summed E-state index contributed by atoms with van der Waals surface area (Å²) < 4.78 is 10.3. The number of carbonyl (C=O) groups excluding carboxylic acids is 1. The summed E-state index contributed by atoms with van der Waals surface area (Å²) in [4.78, 5) is 11.0. The Labute approximate surface area is 170 Å². The number of hydrogen-bond donors (Lipinski definition) is 2. The van der Waals surface area contributed by atoms with Crippen molar-refractivity contribution in [3.63, 3.8) is 0 Å². The van der Waals surface area contributed by atoms with Gasteiger partial charge in [-0.25, -0.2) is 0 Å². The van der Waals surface area contributed by atoms with E-state index in [1.807, 2.05) is 30.3 Å². The van der Waals surface area contributed by atoms with Crippen LogP contribution in [0, 0.1) is 5.41 Å². The summed E-state index contributed by atoms with van der Waals surface area (Å²) in [6.45, 7) is 0.611. The van der Waals surface area contributed by atoms with Gasteiger partial charge in [-0.2, -0.15) is 0 Å². The summed E-state index contributed by atoms with van der Waals surface area (Å²) in [6, 6.07) is 13.2. The Balaban J connectivity index is 0.00000364. The molecule has 0 saturated carbocycles. The largest absolute Gasteiger partial charge is 0.494 e. The van der Waals surface area contributed by atoms with Crippen LogP contribution < -0.4 is 10.5 Å². The molecule has 27 heavy (non-hydrogen) atoms. The second kappa shape index (κ2) is 11.5. The number of amidine groups is 1. The van der Waals surface area contributed by atoms with Gasteiger partial charge in [-0.15, -0.1) is 12.4 Å². The Bertz CT molecular complexity index is 764. The number of ether oxygens (including phenoxy) is 2. The van der Waals surface area contributed by atoms with Crippen LogP contribution in [0.1, 0.15) is 31.2 Å². The molecular weight excluding hydrogens is 387 g/mol. The first kappa shape index (κ1) is 22.8. The molecule has 3 N–H and O–H groups in total. The van der Waals surface area contributed by atoms with Crippen LogP contribution in [0.15, 0.2) is 42.5 Å². The molecule has 7 heteroatoms. The van der Waals surface area contributed by atoms with E-state index < -0.39 is 0 Å². The molecule has 0 radical (unpaired) electrons. The van der Waals surface area contributed by atoms with Crippen molar-refractivity contribution in [2.45, 2.75) is 25.7 Å². The summed E-state index contributed by atoms with van der Waals surface area (Å²) in [7, 11) is 1.40. The third-order valence-corrected chi connectivity index (χ3v) is 4.28. The van der Waals surface area contributed by atoms with Crippen LogP contribution in [-0.2, 0) is 9.53 Å². The van der Waals surface area contributed by atoms with E-state index in [1.54, 1.807) is 12.1 Å². The minimum Gasteiger partial charge on any atom is -0.494 e. The number of hydrogen-bond acceptors (Lipinski definition) is 4. The van der Waals surface area contributed by atoms with Crippen LogP contribution in [0.2, 0.25) is 5.02 Å². The van der Waals surface area contributed by atoms with E-state index in [2.05, 4.69) is 4.74 Å². The molecule has 2 aromatic rings. The summed E-state index contributed by atoms with van der Waals surface area (Å²) in [6.07, 6.45) is 3.08. The quantitative estimate of drug-likeness (QED) is 0.268. The van der Waals surface area contributed by atoms with Gasteiger partial charge in [0.1, 0.15) is 11.6 Å². The monoisotopic (exact) mass is 410 g/mol. The van der Waals surface area contributed by atoms with Crippen molar-refractivity contribution >= 4 is 35.8 Å². The maximum atomic E-state index is 11.0. The average molecular weight is 411 g/mol. The minimum absolute atomic E-state index is 0. The van der Waals surface area contributed by atoms with Gasteiger partial charge in [0.15, 0.2) is 0 Å². The third-order valence-electron chi connectivity index (χ3n) is 3.97. The van der Waals surface area contributed by atoms with Crippen molar-refractivity contribution in [2.75, 3.05) is 13.7 Å². The fourth-order valence-corrected chi connectivity index (χ4v) is 2.78. The Hall–Kier alpha value is -2.24. The summed E-state index contributed by atoms with van der Waals surface area (Å²) >= 11 is 6.17. The van der Waals surface area contributed by atoms with Crippen LogP contribution in [0.25, 0.3) is 11.1 Å². The van der Waals surface area contributed by atoms with Gasteiger partial charge in [0.2, 0.25) is 0 Å². The van der Waals surface area contributed by atoms with Crippen molar-refractivity contribution in [3.8, 4) is 16.9 Å². The number of halogens is 2. The zero-order valence-corrected chi connectivity index (χ0v) is 16.7. The van der Waals surface area contributed by atoms with E-state index in [0.29, 0.717) is 23.6 Å². The van der Waals surface area contributed by atoms with Gasteiger partial charge in [-0.05, 0) is 54.7 Å².